The van der Waals surface area contributed by atoms with Crippen LogP contribution in [0.15, 0.2) is 97.1 Å². The largest absolute Gasteiger partial charge is 0.367 e. The van der Waals surface area contributed by atoms with Crippen molar-refractivity contribution >= 4 is 0 Å². The van der Waals surface area contributed by atoms with Gasteiger partial charge in [-0.3, -0.25) is 0 Å². The minimum Gasteiger partial charge on any atom is -0.367 e. The molecule has 2 N–H and O–H groups in total. The van der Waals surface area contributed by atoms with Crippen LogP contribution in [-0.2, 0) is 15.6 Å². The van der Waals surface area contributed by atoms with Crippen LogP contribution >= 0.6 is 0 Å². The van der Waals surface area contributed by atoms with Gasteiger partial charge in [0.1, 0.15) is 0 Å². The minimum absolute atomic E-state index is 0.970. The van der Waals surface area contributed by atoms with Gasteiger partial charge in [0.05, 0.1) is 10.8 Å². The lowest BCUT2D eigenvalue weighted by atomic mass is 9.55. The molecule has 2 spiro atoms. The summed E-state index contributed by atoms with van der Waals surface area (Å²) >= 11 is 0. The van der Waals surface area contributed by atoms with E-state index in [1.54, 1.807) is 0 Å². The van der Waals surface area contributed by atoms with Gasteiger partial charge in [-0.25, -0.2) is 0 Å². The Balaban J connectivity index is 1.73. The van der Waals surface area contributed by atoms with E-state index in [1.807, 2.05) is 48.5 Å². The van der Waals surface area contributed by atoms with E-state index in [9.17, 15) is 10.2 Å². The predicted molar refractivity (Wildman–Crippen MR) is 118 cm³/mol. The molecule has 3 heteroatoms. The molecular formula is C28H20O3. The number of benzene rings is 4. The van der Waals surface area contributed by atoms with Crippen molar-refractivity contribution in [2.45, 2.75) is 23.4 Å². The van der Waals surface area contributed by atoms with E-state index in [0.29, 0.717) is 0 Å². The lowest BCUT2D eigenvalue weighted by Gasteiger charge is -2.44. The normalized spacial score (nSPS) is 22.9. The van der Waals surface area contributed by atoms with Crippen LogP contribution in [0, 0.1) is 0 Å². The highest BCUT2D eigenvalue weighted by Crippen LogP contribution is 2.70. The first-order valence-electron chi connectivity index (χ1n) is 10.6. The molecule has 0 amide bonds. The smallest absolute Gasteiger partial charge is 0.172 e. The van der Waals surface area contributed by atoms with Gasteiger partial charge in [-0.2, -0.15) is 0 Å². The zero-order valence-electron chi connectivity index (χ0n) is 16.7. The molecule has 0 saturated carbocycles. The molecule has 2 aliphatic carbocycles. The van der Waals surface area contributed by atoms with Crippen molar-refractivity contribution in [2.24, 2.45) is 0 Å². The molecule has 0 bridgehead atoms. The van der Waals surface area contributed by atoms with Gasteiger partial charge in [-0.15, -0.1) is 0 Å². The quantitative estimate of drug-likeness (QED) is 0.451. The standard InChI is InChI=1S/C28H20O3/c29-25-27(21-13-5-1-9-17(21)18-10-2-6-14-22(18)27)28(26(30)31-25)23-15-7-3-11-19(23)20-12-4-8-16-24(20)28/h1-16,25-26,29-30H. The van der Waals surface area contributed by atoms with Crippen molar-refractivity contribution in [1.29, 1.82) is 0 Å². The van der Waals surface area contributed by atoms with E-state index >= 15 is 0 Å². The first kappa shape index (κ1) is 17.4. The number of fused-ring (bicyclic) bond motifs is 11. The Morgan fingerprint density at radius 2 is 0.710 bits per heavy atom. The summed E-state index contributed by atoms with van der Waals surface area (Å²) in [6.45, 7) is 0. The van der Waals surface area contributed by atoms with Gasteiger partial charge in [0, 0.05) is 0 Å². The SMILES string of the molecule is OC1OC(O)C2(c3ccccc3-c3ccccc32)C12c1ccccc1-c1ccccc12. The van der Waals surface area contributed by atoms with Crippen molar-refractivity contribution in [3.8, 4) is 22.3 Å². The van der Waals surface area contributed by atoms with Crippen LogP contribution in [0.1, 0.15) is 22.3 Å². The number of rotatable bonds is 0. The summed E-state index contributed by atoms with van der Waals surface area (Å²) < 4.78 is 5.98. The average molecular weight is 404 g/mol. The molecule has 1 aliphatic heterocycles. The first-order chi connectivity index (χ1) is 15.2. The van der Waals surface area contributed by atoms with Crippen molar-refractivity contribution in [1.82, 2.24) is 0 Å². The Labute approximate surface area is 180 Å². The number of hydrogen-bond donors (Lipinski definition) is 2. The zero-order valence-corrected chi connectivity index (χ0v) is 16.7. The van der Waals surface area contributed by atoms with Gasteiger partial charge in [-0.1, -0.05) is 97.1 Å². The Bertz CT molecular complexity index is 1180. The maximum atomic E-state index is 11.6. The third-order valence-electron chi connectivity index (χ3n) is 7.61. The maximum Gasteiger partial charge on any atom is 0.172 e. The Morgan fingerprint density at radius 1 is 0.452 bits per heavy atom. The van der Waals surface area contributed by atoms with Gasteiger partial charge in [-0.05, 0) is 44.5 Å². The first-order valence-corrected chi connectivity index (χ1v) is 10.6. The number of aliphatic hydroxyl groups is 2. The molecule has 3 aliphatic rings. The monoisotopic (exact) mass is 404 g/mol. The van der Waals surface area contributed by atoms with E-state index in [4.69, 9.17) is 4.74 Å². The van der Waals surface area contributed by atoms with Gasteiger partial charge in [0.15, 0.2) is 12.6 Å². The van der Waals surface area contributed by atoms with Crippen LogP contribution in [0.3, 0.4) is 0 Å². The Morgan fingerprint density at radius 3 is 1.00 bits per heavy atom. The van der Waals surface area contributed by atoms with Crippen molar-refractivity contribution in [3.05, 3.63) is 119 Å². The fourth-order valence-electron chi connectivity index (χ4n) is 6.64. The molecule has 0 aromatic heterocycles. The van der Waals surface area contributed by atoms with Crippen LogP contribution in [0.25, 0.3) is 22.3 Å². The maximum absolute atomic E-state index is 11.6. The van der Waals surface area contributed by atoms with Gasteiger partial charge >= 0.3 is 0 Å². The lowest BCUT2D eigenvalue weighted by Crippen LogP contribution is -2.53. The molecule has 31 heavy (non-hydrogen) atoms. The molecule has 2 atom stereocenters. The molecule has 7 rings (SSSR count). The second-order valence-corrected chi connectivity index (χ2v) is 8.64. The van der Waals surface area contributed by atoms with Crippen LogP contribution in [-0.4, -0.2) is 22.8 Å². The fourth-order valence-corrected chi connectivity index (χ4v) is 6.64. The van der Waals surface area contributed by atoms with E-state index in [2.05, 4.69) is 48.5 Å². The number of hydrogen-bond acceptors (Lipinski definition) is 3. The zero-order chi connectivity index (χ0) is 20.8. The van der Waals surface area contributed by atoms with Crippen LogP contribution in [0.2, 0.25) is 0 Å². The highest BCUT2D eigenvalue weighted by molar-refractivity contribution is 5.89. The fraction of sp³-hybridized carbons (Fsp3) is 0.143. The van der Waals surface area contributed by atoms with Gasteiger partial charge in [0.2, 0.25) is 0 Å². The minimum atomic E-state index is -1.20. The molecule has 1 heterocycles. The third kappa shape index (κ3) is 1.72. The van der Waals surface area contributed by atoms with Crippen LogP contribution in [0.5, 0.6) is 0 Å². The summed E-state index contributed by atoms with van der Waals surface area (Å²) in [5.41, 5.74) is 6.35. The van der Waals surface area contributed by atoms with E-state index in [-0.39, 0.29) is 0 Å². The van der Waals surface area contributed by atoms with Crippen molar-refractivity contribution < 1.29 is 14.9 Å². The summed E-state index contributed by atoms with van der Waals surface area (Å²) in [6.07, 6.45) is -2.40. The summed E-state index contributed by atoms with van der Waals surface area (Å²) in [4.78, 5) is 0. The van der Waals surface area contributed by atoms with Crippen LogP contribution < -0.4 is 0 Å². The third-order valence-corrected chi connectivity index (χ3v) is 7.61. The molecule has 4 aromatic rings. The molecule has 3 nitrogen and oxygen atoms in total. The molecule has 4 aromatic carbocycles. The van der Waals surface area contributed by atoms with Crippen LogP contribution in [0.4, 0.5) is 0 Å². The Kier molecular flexibility index (Phi) is 3.21. The number of ether oxygens (including phenoxy) is 1. The summed E-state index contributed by atoms with van der Waals surface area (Å²) in [6, 6.07) is 32.8. The molecule has 0 radical (unpaired) electrons. The molecule has 1 saturated heterocycles. The number of aliphatic hydroxyl groups excluding tert-OH is 2. The predicted octanol–water partition coefficient (Wildman–Crippen LogP) is 4.59. The summed E-state index contributed by atoms with van der Waals surface area (Å²) in [7, 11) is 0. The van der Waals surface area contributed by atoms with E-state index < -0.39 is 23.4 Å². The van der Waals surface area contributed by atoms with E-state index in [0.717, 1.165) is 44.5 Å². The lowest BCUT2D eigenvalue weighted by molar-refractivity contribution is -0.174. The molecular weight excluding hydrogens is 384 g/mol. The highest BCUT2D eigenvalue weighted by Gasteiger charge is 2.73. The second-order valence-electron chi connectivity index (χ2n) is 8.64. The van der Waals surface area contributed by atoms with Crippen molar-refractivity contribution in [3.63, 3.8) is 0 Å². The molecule has 2 unspecified atom stereocenters. The second kappa shape index (κ2) is 5.71. The Hall–Kier alpha value is -3.24. The highest BCUT2D eigenvalue weighted by atomic mass is 16.7. The summed E-state index contributed by atoms with van der Waals surface area (Å²) in [5, 5.41) is 23.3. The van der Waals surface area contributed by atoms with Gasteiger partial charge in [0.25, 0.3) is 0 Å². The molecule has 150 valence electrons. The van der Waals surface area contributed by atoms with E-state index in [1.165, 1.54) is 0 Å². The summed E-state index contributed by atoms with van der Waals surface area (Å²) in [5.74, 6) is 0. The van der Waals surface area contributed by atoms with Gasteiger partial charge < -0.3 is 14.9 Å². The topological polar surface area (TPSA) is 49.7 Å². The van der Waals surface area contributed by atoms with Crippen molar-refractivity contribution in [2.75, 3.05) is 0 Å². The molecule has 1 fully saturated rings. The average Bonchev–Trinajstić information content (AvgIpc) is 3.37.